The summed E-state index contributed by atoms with van der Waals surface area (Å²) in [7, 11) is 2.06. The molecular formula is C8H22N2O2Si. The molecule has 5 heteroatoms. The predicted octanol–water partition coefficient (Wildman–Crippen LogP) is 0.523. The Kier molecular flexibility index (Phi) is 8.68. The maximum atomic E-state index is 5.35. The number of hydrazine groups is 1. The number of hydrogen-bond acceptors (Lipinski definition) is 4. The molecule has 0 aliphatic rings. The fourth-order valence-corrected chi connectivity index (χ4v) is 3.34. The maximum Gasteiger partial charge on any atom is 0.324 e. The highest BCUT2D eigenvalue weighted by molar-refractivity contribution is 6.46. The molecule has 0 aliphatic carbocycles. The summed E-state index contributed by atoms with van der Waals surface area (Å²) >= 11 is 0. The largest absolute Gasteiger partial charge is 0.400 e. The Morgan fingerprint density at radius 3 is 2.38 bits per heavy atom. The summed E-state index contributed by atoms with van der Waals surface area (Å²) in [6.45, 7) is 3.05. The van der Waals surface area contributed by atoms with Gasteiger partial charge in [-0.3, -0.25) is 11.3 Å². The highest BCUT2D eigenvalue weighted by atomic mass is 28.3. The fourth-order valence-electron chi connectivity index (χ4n) is 1.48. The van der Waals surface area contributed by atoms with Gasteiger partial charge in [0.25, 0.3) is 0 Å². The molecule has 0 aromatic heterocycles. The summed E-state index contributed by atoms with van der Waals surface area (Å²) < 4.78 is 10.7. The Balaban J connectivity index is 3.71. The Morgan fingerprint density at radius 1 is 1.38 bits per heavy atom. The monoisotopic (exact) mass is 206 g/mol. The third kappa shape index (κ3) is 5.38. The van der Waals surface area contributed by atoms with Crippen LogP contribution in [0.1, 0.15) is 26.2 Å². The number of rotatable bonds is 8. The smallest absolute Gasteiger partial charge is 0.324 e. The summed E-state index contributed by atoms with van der Waals surface area (Å²) in [6, 6.07) is 0. The lowest BCUT2D eigenvalue weighted by atomic mass is 10.2. The van der Waals surface area contributed by atoms with Crippen LogP contribution in [0.3, 0.4) is 0 Å². The van der Waals surface area contributed by atoms with Crippen molar-refractivity contribution < 1.29 is 8.85 Å². The Morgan fingerprint density at radius 2 is 2.00 bits per heavy atom. The summed E-state index contributed by atoms with van der Waals surface area (Å²) in [5.41, 5.74) is 3.26. The van der Waals surface area contributed by atoms with E-state index in [0.717, 1.165) is 25.8 Å². The van der Waals surface area contributed by atoms with E-state index in [2.05, 4.69) is 12.3 Å². The van der Waals surface area contributed by atoms with Gasteiger partial charge in [0.2, 0.25) is 0 Å². The molecule has 0 aliphatic heterocycles. The second kappa shape index (κ2) is 8.65. The van der Waals surface area contributed by atoms with Crippen molar-refractivity contribution in [3.63, 3.8) is 0 Å². The minimum Gasteiger partial charge on any atom is -0.400 e. The molecule has 80 valence electrons. The van der Waals surface area contributed by atoms with E-state index in [4.69, 9.17) is 14.7 Å². The first kappa shape index (κ1) is 13.1. The van der Waals surface area contributed by atoms with Crippen LogP contribution in [-0.4, -0.2) is 30.0 Å². The molecule has 1 atom stereocenters. The van der Waals surface area contributed by atoms with E-state index in [1.165, 1.54) is 0 Å². The van der Waals surface area contributed by atoms with Crippen LogP contribution in [0, 0.1) is 0 Å². The standard InChI is InChI=1S/C8H22N2O2Si/c1-4-8(6-5-7-10-9)13(11-2)12-3/h8,10,13H,4-7,9H2,1-3H3. The highest BCUT2D eigenvalue weighted by Crippen LogP contribution is 2.21. The van der Waals surface area contributed by atoms with Gasteiger partial charge in [0.15, 0.2) is 0 Å². The molecule has 3 N–H and O–H groups in total. The lowest BCUT2D eigenvalue weighted by Crippen LogP contribution is -2.28. The molecule has 0 heterocycles. The van der Waals surface area contributed by atoms with E-state index in [1.54, 1.807) is 14.2 Å². The second-order valence-corrected chi connectivity index (χ2v) is 5.73. The molecule has 0 spiro atoms. The van der Waals surface area contributed by atoms with E-state index in [-0.39, 0.29) is 0 Å². The topological polar surface area (TPSA) is 56.5 Å². The van der Waals surface area contributed by atoms with E-state index < -0.39 is 9.28 Å². The first-order valence-corrected chi connectivity index (χ1v) is 6.40. The van der Waals surface area contributed by atoms with E-state index in [0.29, 0.717) is 5.54 Å². The minimum atomic E-state index is -1.42. The van der Waals surface area contributed by atoms with E-state index >= 15 is 0 Å². The van der Waals surface area contributed by atoms with Crippen molar-refractivity contribution in [3.8, 4) is 0 Å². The molecule has 1 unspecified atom stereocenters. The van der Waals surface area contributed by atoms with Gasteiger partial charge in [0.1, 0.15) is 0 Å². The highest BCUT2D eigenvalue weighted by Gasteiger charge is 2.21. The third-order valence-corrected chi connectivity index (χ3v) is 4.77. The molecule has 0 amide bonds. The summed E-state index contributed by atoms with van der Waals surface area (Å²) in [4.78, 5) is 0. The van der Waals surface area contributed by atoms with Crippen LogP contribution in [0.2, 0.25) is 5.54 Å². The van der Waals surface area contributed by atoms with Crippen LogP contribution in [0.4, 0.5) is 0 Å². The summed E-state index contributed by atoms with van der Waals surface area (Å²) in [6.07, 6.45) is 3.35. The predicted molar refractivity (Wildman–Crippen MR) is 56.6 cm³/mol. The van der Waals surface area contributed by atoms with Gasteiger partial charge in [-0.1, -0.05) is 13.3 Å². The van der Waals surface area contributed by atoms with Crippen LogP contribution in [-0.2, 0) is 8.85 Å². The zero-order valence-electron chi connectivity index (χ0n) is 8.88. The summed E-state index contributed by atoms with van der Waals surface area (Å²) in [5.74, 6) is 5.20. The van der Waals surface area contributed by atoms with Crippen LogP contribution in [0.5, 0.6) is 0 Å². The van der Waals surface area contributed by atoms with Crippen LogP contribution >= 0.6 is 0 Å². The van der Waals surface area contributed by atoms with Crippen molar-refractivity contribution >= 4 is 9.28 Å². The van der Waals surface area contributed by atoms with Gasteiger partial charge in [0.05, 0.1) is 0 Å². The van der Waals surface area contributed by atoms with Crippen LogP contribution < -0.4 is 11.3 Å². The average molecular weight is 206 g/mol. The normalized spacial score (nSPS) is 13.6. The number of hydrogen-bond donors (Lipinski definition) is 2. The minimum absolute atomic E-state index is 0.600. The first-order chi connectivity index (χ1) is 6.29. The molecule has 0 radical (unpaired) electrons. The number of nitrogens with one attached hydrogen (secondary N) is 1. The summed E-state index contributed by atoms with van der Waals surface area (Å²) in [5, 5.41) is 0. The second-order valence-electron chi connectivity index (χ2n) is 3.10. The third-order valence-electron chi connectivity index (χ3n) is 2.27. The van der Waals surface area contributed by atoms with Crippen LogP contribution in [0.15, 0.2) is 0 Å². The molecule has 0 rings (SSSR count). The Hall–Kier alpha value is 0.0569. The van der Waals surface area contributed by atoms with E-state index in [1.807, 2.05) is 0 Å². The van der Waals surface area contributed by atoms with Crippen molar-refractivity contribution in [2.75, 3.05) is 20.8 Å². The maximum absolute atomic E-state index is 5.35. The molecule has 0 saturated carbocycles. The zero-order chi connectivity index (χ0) is 10.1. The van der Waals surface area contributed by atoms with Crippen molar-refractivity contribution in [1.82, 2.24) is 5.43 Å². The van der Waals surface area contributed by atoms with Crippen molar-refractivity contribution in [2.45, 2.75) is 31.7 Å². The van der Waals surface area contributed by atoms with Crippen LogP contribution in [0.25, 0.3) is 0 Å². The number of nitrogens with two attached hydrogens (primary N) is 1. The molecule has 13 heavy (non-hydrogen) atoms. The SMILES string of the molecule is CCC(CCCNN)[SiH](OC)OC. The molecule has 0 bridgehead atoms. The Bertz CT molecular complexity index is 112. The van der Waals surface area contributed by atoms with Gasteiger partial charge in [-0.25, -0.2) is 0 Å². The van der Waals surface area contributed by atoms with Crippen molar-refractivity contribution in [2.24, 2.45) is 5.84 Å². The molecule has 0 aromatic rings. The van der Waals surface area contributed by atoms with Gasteiger partial charge in [-0.15, -0.1) is 0 Å². The van der Waals surface area contributed by atoms with Gasteiger partial charge in [-0.05, 0) is 18.4 Å². The quantitative estimate of drug-likeness (QED) is 0.263. The van der Waals surface area contributed by atoms with E-state index in [9.17, 15) is 0 Å². The first-order valence-electron chi connectivity index (χ1n) is 4.79. The van der Waals surface area contributed by atoms with Gasteiger partial charge in [0, 0.05) is 20.8 Å². The van der Waals surface area contributed by atoms with Gasteiger partial charge in [-0.2, -0.15) is 0 Å². The Labute approximate surface area is 82.6 Å². The molecule has 0 saturated heterocycles. The average Bonchev–Trinajstić information content (AvgIpc) is 2.17. The van der Waals surface area contributed by atoms with Crippen molar-refractivity contribution in [1.29, 1.82) is 0 Å². The fraction of sp³-hybridized carbons (Fsp3) is 1.00. The van der Waals surface area contributed by atoms with Crippen molar-refractivity contribution in [3.05, 3.63) is 0 Å². The molecular weight excluding hydrogens is 184 g/mol. The van der Waals surface area contributed by atoms with Gasteiger partial charge < -0.3 is 8.85 Å². The lowest BCUT2D eigenvalue weighted by Gasteiger charge is -2.21. The molecule has 0 aromatic carbocycles. The molecule has 4 nitrogen and oxygen atoms in total. The molecule has 0 fully saturated rings. The van der Waals surface area contributed by atoms with Gasteiger partial charge >= 0.3 is 9.28 Å². The lowest BCUT2D eigenvalue weighted by molar-refractivity contribution is 0.260. The zero-order valence-corrected chi connectivity index (χ0v) is 10.0.